The number of anilines is 1. The van der Waals surface area contributed by atoms with E-state index in [1.54, 1.807) is 42.5 Å². The van der Waals surface area contributed by atoms with E-state index in [9.17, 15) is 4.79 Å². The van der Waals surface area contributed by atoms with Crippen molar-refractivity contribution in [3.05, 3.63) is 57.5 Å². The topological polar surface area (TPSA) is 38.3 Å². The number of carbonyl (C=O) groups excluding carboxylic acids is 1. The summed E-state index contributed by atoms with van der Waals surface area (Å²) in [6, 6.07) is 11.9. The van der Waals surface area contributed by atoms with Gasteiger partial charge in [-0.15, -0.1) is 0 Å². The molecule has 6 heteroatoms. The molecule has 2 aromatic rings. The molecule has 0 fully saturated rings. The second-order valence-electron chi connectivity index (χ2n) is 4.56. The zero-order chi connectivity index (χ0) is 16.1. The number of rotatable bonds is 5. The predicted molar refractivity (Wildman–Crippen MR) is 91.3 cm³/mol. The van der Waals surface area contributed by atoms with Crippen molar-refractivity contribution in [3.8, 4) is 5.75 Å². The molecule has 0 bridgehead atoms. The highest BCUT2D eigenvalue weighted by molar-refractivity contribution is 6.36. The van der Waals surface area contributed by atoms with Crippen LogP contribution >= 0.6 is 34.8 Å². The molecular formula is C16H14Cl3NO2. The van der Waals surface area contributed by atoms with Crippen LogP contribution in [-0.2, 0) is 4.79 Å². The largest absolute Gasteiger partial charge is 0.479 e. The first-order valence-electron chi connectivity index (χ1n) is 6.68. The standard InChI is InChI=1S/C16H14Cl3NO2/c1-2-14(22-15-6-4-3-5-11(15)18)16(21)20-13-8-7-10(17)9-12(13)19/h3-9,14H,2H2,1H3,(H,20,21)/t14-/m0/s1. The molecule has 1 atom stereocenters. The summed E-state index contributed by atoms with van der Waals surface area (Å²) < 4.78 is 5.68. The van der Waals surface area contributed by atoms with E-state index in [-0.39, 0.29) is 5.91 Å². The summed E-state index contributed by atoms with van der Waals surface area (Å²) >= 11 is 17.9. The number of benzene rings is 2. The SMILES string of the molecule is CC[C@H](Oc1ccccc1Cl)C(=O)Nc1ccc(Cl)cc1Cl. The van der Waals surface area contributed by atoms with Gasteiger partial charge in [0.1, 0.15) is 5.75 Å². The van der Waals surface area contributed by atoms with Gasteiger partial charge in [0, 0.05) is 5.02 Å². The Kier molecular flexibility index (Phi) is 5.95. The molecule has 2 aromatic carbocycles. The Hall–Kier alpha value is -1.42. The minimum absolute atomic E-state index is 0.299. The molecule has 1 amide bonds. The number of nitrogens with one attached hydrogen (secondary N) is 1. The third kappa shape index (κ3) is 4.29. The average molecular weight is 359 g/mol. The number of para-hydroxylation sites is 1. The molecule has 0 aliphatic carbocycles. The van der Waals surface area contributed by atoms with E-state index in [1.165, 1.54) is 0 Å². The van der Waals surface area contributed by atoms with Gasteiger partial charge in [0.15, 0.2) is 6.10 Å². The van der Waals surface area contributed by atoms with Crippen LogP contribution in [0.4, 0.5) is 5.69 Å². The molecule has 0 spiro atoms. The average Bonchev–Trinajstić information content (AvgIpc) is 2.49. The van der Waals surface area contributed by atoms with Crippen molar-refractivity contribution in [2.45, 2.75) is 19.4 Å². The number of ether oxygens (including phenoxy) is 1. The molecule has 0 aliphatic heterocycles. The molecule has 116 valence electrons. The lowest BCUT2D eigenvalue weighted by Crippen LogP contribution is -2.32. The molecule has 2 rings (SSSR count). The fourth-order valence-corrected chi connectivity index (χ4v) is 2.46. The van der Waals surface area contributed by atoms with Crippen molar-refractivity contribution in [1.82, 2.24) is 0 Å². The van der Waals surface area contributed by atoms with Gasteiger partial charge in [0.25, 0.3) is 5.91 Å². The van der Waals surface area contributed by atoms with Crippen LogP contribution < -0.4 is 10.1 Å². The Bertz CT molecular complexity index is 676. The van der Waals surface area contributed by atoms with Crippen LogP contribution in [0.5, 0.6) is 5.75 Å². The minimum Gasteiger partial charge on any atom is -0.479 e. The monoisotopic (exact) mass is 357 g/mol. The van der Waals surface area contributed by atoms with E-state index in [0.29, 0.717) is 32.9 Å². The quantitative estimate of drug-likeness (QED) is 0.772. The van der Waals surface area contributed by atoms with E-state index in [2.05, 4.69) is 5.32 Å². The molecule has 0 saturated heterocycles. The Morgan fingerprint density at radius 2 is 1.86 bits per heavy atom. The second-order valence-corrected chi connectivity index (χ2v) is 5.81. The molecule has 0 radical (unpaired) electrons. The van der Waals surface area contributed by atoms with Gasteiger partial charge in [-0.3, -0.25) is 4.79 Å². The van der Waals surface area contributed by atoms with Crippen LogP contribution in [0.3, 0.4) is 0 Å². The highest BCUT2D eigenvalue weighted by atomic mass is 35.5. The van der Waals surface area contributed by atoms with E-state index in [1.807, 2.05) is 6.92 Å². The molecule has 22 heavy (non-hydrogen) atoms. The summed E-state index contributed by atoms with van der Waals surface area (Å²) in [6.45, 7) is 1.85. The normalized spacial score (nSPS) is 11.8. The van der Waals surface area contributed by atoms with Crippen LogP contribution in [-0.4, -0.2) is 12.0 Å². The number of halogens is 3. The molecule has 0 heterocycles. The first-order chi connectivity index (χ1) is 10.5. The molecule has 0 aliphatic rings. The lowest BCUT2D eigenvalue weighted by molar-refractivity contribution is -0.122. The summed E-state index contributed by atoms with van der Waals surface area (Å²) in [5.41, 5.74) is 0.484. The van der Waals surface area contributed by atoms with Crippen molar-refractivity contribution >= 4 is 46.4 Å². The molecule has 0 aromatic heterocycles. The fourth-order valence-electron chi connectivity index (χ4n) is 1.82. The highest BCUT2D eigenvalue weighted by Crippen LogP contribution is 2.27. The van der Waals surface area contributed by atoms with Gasteiger partial charge in [0.05, 0.1) is 15.7 Å². The first-order valence-corrected chi connectivity index (χ1v) is 7.81. The van der Waals surface area contributed by atoms with Crippen LogP contribution in [0, 0.1) is 0 Å². The predicted octanol–water partition coefficient (Wildman–Crippen LogP) is 5.44. The Morgan fingerprint density at radius 3 is 2.50 bits per heavy atom. The third-order valence-corrected chi connectivity index (χ3v) is 3.82. The van der Waals surface area contributed by atoms with Crippen molar-refractivity contribution in [2.24, 2.45) is 0 Å². The smallest absolute Gasteiger partial charge is 0.265 e. The maximum atomic E-state index is 12.3. The van der Waals surface area contributed by atoms with Gasteiger partial charge in [-0.1, -0.05) is 53.9 Å². The van der Waals surface area contributed by atoms with Gasteiger partial charge in [0.2, 0.25) is 0 Å². The van der Waals surface area contributed by atoms with Crippen molar-refractivity contribution < 1.29 is 9.53 Å². The lowest BCUT2D eigenvalue weighted by Gasteiger charge is -2.18. The van der Waals surface area contributed by atoms with E-state index >= 15 is 0 Å². The summed E-state index contributed by atoms with van der Waals surface area (Å²) in [5.74, 6) is 0.167. The first kappa shape index (κ1) is 16.9. The maximum Gasteiger partial charge on any atom is 0.265 e. The van der Waals surface area contributed by atoms with Gasteiger partial charge in [-0.2, -0.15) is 0 Å². The van der Waals surface area contributed by atoms with Crippen LogP contribution in [0.25, 0.3) is 0 Å². The summed E-state index contributed by atoms with van der Waals surface area (Å²) in [5, 5.41) is 4.06. The highest BCUT2D eigenvalue weighted by Gasteiger charge is 2.20. The van der Waals surface area contributed by atoms with Crippen molar-refractivity contribution in [1.29, 1.82) is 0 Å². The Labute approximate surface area is 144 Å². The van der Waals surface area contributed by atoms with Crippen molar-refractivity contribution in [3.63, 3.8) is 0 Å². The zero-order valence-electron chi connectivity index (χ0n) is 11.8. The molecule has 0 saturated carbocycles. The summed E-state index contributed by atoms with van der Waals surface area (Å²) in [4.78, 5) is 12.3. The maximum absolute atomic E-state index is 12.3. The molecule has 1 N–H and O–H groups in total. The van der Waals surface area contributed by atoms with Gasteiger partial charge in [-0.05, 0) is 36.8 Å². The van der Waals surface area contributed by atoms with Gasteiger partial charge < -0.3 is 10.1 Å². The zero-order valence-corrected chi connectivity index (χ0v) is 14.0. The second kappa shape index (κ2) is 7.73. The van der Waals surface area contributed by atoms with Crippen molar-refractivity contribution in [2.75, 3.05) is 5.32 Å². The lowest BCUT2D eigenvalue weighted by atomic mass is 10.2. The molecule has 0 unspecified atom stereocenters. The third-order valence-electron chi connectivity index (χ3n) is 2.96. The van der Waals surface area contributed by atoms with Gasteiger partial charge in [-0.25, -0.2) is 0 Å². The Morgan fingerprint density at radius 1 is 1.14 bits per heavy atom. The molecule has 3 nitrogen and oxygen atoms in total. The van der Waals surface area contributed by atoms with Gasteiger partial charge >= 0.3 is 0 Å². The minimum atomic E-state index is -0.674. The summed E-state index contributed by atoms with van der Waals surface area (Å²) in [7, 11) is 0. The van der Waals surface area contributed by atoms with E-state index < -0.39 is 6.10 Å². The van der Waals surface area contributed by atoms with Crippen LogP contribution in [0.1, 0.15) is 13.3 Å². The fraction of sp³-hybridized carbons (Fsp3) is 0.188. The van der Waals surface area contributed by atoms with E-state index in [4.69, 9.17) is 39.5 Å². The molecular weight excluding hydrogens is 345 g/mol. The van der Waals surface area contributed by atoms with Crippen LogP contribution in [0.15, 0.2) is 42.5 Å². The summed E-state index contributed by atoms with van der Waals surface area (Å²) in [6.07, 6.45) is -0.186. The Balaban J connectivity index is 2.10. The number of amides is 1. The number of hydrogen-bond donors (Lipinski definition) is 1. The number of carbonyl (C=O) groups is 1. The van der Waals surface area contributed by atoms with E-state index in [0.717, 1.165) is 0 Å². The number of hydrogen-bond acceptors (Lipinski definition) is 2. The van der Waals surface area contributed by atoms with Crippen LogP contribution in [0.2, 0.25) is 15.1 Å².